The van der Waals surface area contributed by atoms with Crippen LogP contribution >= 0.6 is 11.6 Å². The van der Waals surface area contributed by atoms with Crippen molar-refractivity contribution in [3.05, 3.63) is 23.2 Å². The zero-order valence-corrected chi connectivity index (χ0v) is 12.7. The summed E-state index contributed by atoms with van der Waals surface area (Å²) < 4.78 is 5.10. The Kier molecular flexibility index (Phi) is 5.12. The summed E-state index contributed by atoms with van der Waals surface area (Å²) in [6, 6.07) is 5.42. The minimum absolute atomic E-state index is 0.142. The number of methoxy groups -OCH3 is 1. The Bertz CT molecular complexity index is 471. The number of amides is 1. The Morgan fingerprint density at radius 2 is 2.15 bits per heavy atom. The largest absolute Gasteiger partial charge is 0.495 e. The second-order valence-electron chi connectivity index (χ2n) is 5.27. The molecule has 20 heavy (non-hydrogen) atoms. The molecule has 0 aromatic heterocycles. The third kappa shape index (κ3) is 3.79. The molecule has 0 atom stereocenters. The zero-order chi connectivity index (χ0) is 14.5. The van der Waals surface area contributed by atoms with Gasteiger partial charge in [-0.05, 0) is 37.0 Å². The van der Waals surface area contributed by atoms with Crippen molar-refractivity contribution in [3.63, 3.8) is 0 Å². The summed E-state index contributed by atoms with van der Waals surface area (Å²) in [5.41, 5.74) is 0.828. The molecular weight excluding hydrogens is 276 g/mol. The quantitative estimate of drug-likeness (QED) is 0.928. The van der Waals surface area contributed by atoms with Crippen molar-refractivity contribution in [2.24, 2.45) is 5.92 Å². The number of anilines is 1. The highest BCUT2D eigenvalue weighted by atomic mass is 35.5. The Labute approximate surface area is 125 Å². The van der Waals surface area contributed by atoms with Gasteiger partial charge in [-0.25, -0.2) is 0 Å². The molecule has 0 radical (unpaired) electrons. The maximum absolute atomic E-state index is 12.1. The topological polar surface area (TPSA) is 41.6 Å². The predicted octanol–water partition coefficient (Wildman–Crippen LogP) is 3.02. The Morgan fingerprint density at radius 3 is 2.75 bits per heavy atom. The molecule has 5 heteroatoms. The van der Waals surface area contributed by atoms with Crippen molar-refractivity contribution in [2.75, 3.05) is 32.1 Å². The number of likely N-dealkylation sites (tertiary alicyclic amines) is 1. The van der Waals surface area contributed by atoms with Gasteiger partial charge in [0.2, 0.25) is 5.91 Å². The molecule has 1 aliphatic heterocycles. The molecule has 1 N–H and O–H groups in total. The highest BCUT2D eigenvalue weighted by Crippen LogP contribution is 2.27. The van der Waals surface area contributed by atoms with Crippen LogP contribution in [0.4, 0.5) is 5.69 Å². The summed E-state index contributed by atoms with van der Waals surface area (Å²) >= 11 is 6.05. The van der Waals surface area contributed by atoms with Crippen LogP contribution in [-0.2, 0) is 4.79 Å². The minimum atomic E-state index is 0.142. The molecule has 0 bridgehead atoms. The van der Waals surface area contributed by atoms with Crippen LogP contribution in [0.15, 0.2) is 18.2 Å². The number of carbonyl (C=O) groups excluding carboxylic acids is 1. The lowest BCUT2D eigenvalue weighted by Crippen LogP contribution is -2.40. The smallest absolute Gasteiger partial charge is 0.241 e. The van der Waals surface area contributed by atoms with Crippen molar-refractivity contribution in [1.29, 1.82) is 0 Å². The first kappa shape index (κ1) is 15.0. The molecule has 2 rings (SSSR count). The second kappa shape index (κ2) is 6.84. The molecule has 1 aromatic rings. The highest BCUT2D eigenvalue weighted by molar-refractivity contribution is 6.32. The van der Waals surface area contributed by atoms with Gasteiger partial charge in [-0.1, -0.05) is 18.5 Å². The van der Waals surface area contributed by atoms with Gasteiger partial charge in [-0.3, -0.25) is 4.79 Å². The summed E-state index contributed by atoms with van der Waals surface area (Å²) in [5.74, 6) is 1.50. The van der Waals surface area contributed by atoms with E-state index in [-0.39, 0.29) is 5.91 Å². The Morgan fingerprint density at radius 1 is 1.45 bits per heavy atom. The second-order valence-corrected chi connectivity index (χ2v) is 5.67. The van der Waals surface area contributed by atoms with E-state index >= 15 is 0 Å². The summed E-state index contributed by atoms with van der Waals surface area (Å²) in [6.07, 6.45) is 2.19. The first-order chi connectivity index (χ1) is 9.60. The van der Waals surface area contributed by atoms with E-state index < -0.39 is 0 Å². The van der Waals surface area contributed by atoms with Gasteiger partial charge in [0.1, 0.15) is 5.75 Å². The first-order valence-corrected chi connectivity index (χ1v) is 7.33. The Hall–Kier alpha value is -1.42. The number of halogens is 1. The minimum Gasteiger partial charge on any atom is -0.495 e. The SMILES string of the molecule is COc1ccc(NCC(=O)N2CCC(C)CC2)cc1Cl. The lowest BCUT2D eigenvalue weighted by atomic mass is 9.99. The number of rotatable bonds is 4. The standard InChI is InChI=1S/C15H21ClN2O2/c1-11-5-7-18(8-6-11)15(19)10-17-12-3-4-14(20-2)13(16)9-12/h3-4,9,11,17H,5-8,10H2,1-2H3. The molecule has 0 saturated carbocycles. The van der Waals surface area contributed by atoms with E-state index in [9.17, 15) is 4.79 Å². The van der Waals surface area contributed by atoms with E-state index in [2.05, 4.69) is 12.2 Å². The average molecular weight is 297 g/mol. The monoisotopic (exact) mass is 296 g/mol. The van der Waals surface area contributed by atoms with E-state index in [0.717, 1.165) is 37.5 Å². The van der Waals surface area contributed by atoms with Crippen LogP contribution in [0.25, 0.3) is 0 Å². The van der Waals surface area contributed by atoms with Gasteiger partial charge in [0.05, 0.1) is 18.7 Å². The van der Waals surface area contributed by atoms with Gasteiger partial charge in [0.15, 0.2) is 0 Å². The van der Waals surface area contributed by atoms with E-state index in [4.69, 9.17) is 16.3 Å². The van der Waals surface area contributed by atoms with Crippen LogP contribution in [0.3, 0.4) is 0 Å². The maximum Gasteiger partial charge on any atom is 0.241 e. The van der Waals surface area contributed by atoms with E-state index in [1.54, 1.807) is 19.2 Å². The molecule has 1 aromatic carbocycles. The third-order valence-electron chi connectivity index (χ3n) is 3.73. The third-order valence-corrected chi connectivity index (χ3v) is 4.03. The molecule has 4 nitrogen and oxygen atoms in total. The van der Waals surface area contributed by atoms with Crippen molar-refractivity contribution in [3.8, 4) is 5.75 Å². The number of hydrogen-bond donors (Lipinski definition) is 1. The van der Waals surface area contributed by atoms with Gasteiger partial charge < -0.3 is 15.0 Å². The predicted molar refractivity (Wildman–Crippen MR) is 81.5 cm³/mol. The summed E-state index contributed by atoms with van der Waals surface area (Å²) in [7, 11) is 1.58. The molecule has 0 unspecified atom stereocenters. The van der Waals surface area contributed by atoms with E-state index in [1.807, 2.05) is 11.0 Å². The average Bonchev–Trinajstić information content (AvgIpc) is 2.45. The highest BCUT2D eigenvalue weighted by Gasteiger charge is 2.19. The fourth-order valence-corrected chi connectivity index (χ4v) is 2.58. The van der Waals surface area contributed by atoms with Crippen LogP contribution in [0, 0.1) is 5.92 Å². The number of nitrogens with zero attached hydrogens (tertiary/aromatic N) is 1. The van der Waals surface area contributed by atoms with Crippen LogP contribution in [0.1, 0.15) is 19.8 Å². The molecule has 1 heterocycles. The summed E-state index contributed by atoms with van der Waals surface area (Å²) in [4.78, 5) is 14.0. The molecule has 1 saturated heterocycles. The molecule has 1 amide bonds. The first-order valence-electron chi connectivity index (χ1n) is 6.95. The zero-order valence-electron chi connectivity index (χ0n) is 12.0. The summed E-state index contributed by atoms with van der Waals surface area (Å²) in [5, 5.41) is 3.65. The van der Waals surface area contributed by atoms with Crippen molar-refractivity contribution >= 4 is 23.2 Å². The fourth-order valence-electron chi connectivity index (χ4n) is 2.32. The lowest BCUT2D eigenvalue weighted by Gasteiger charge is -2.30. The fraction of sp³-hybridized carbons (Fsp3) is 0.533. The number of nitrogens with one attached hydrogen (secondary N) is 1. The normalized spacial score (nSPS) is 16.1. The van der Waals surface area contributed by atoms with Crippen LogP contribution < -0.4 is 10.1 Å². The van der Waals surface area contributed by atoms with Gasteiger partial charge in [-0.15, -0.1) is 0 Å². The van der Waals surface area contributed by atoms with Crippen LogP contribution in [-0.4, -0.2) is 37.6 Å². The number of hydrogen-bond acceptors (Lipinski definition) is 3. The molecule has 0 spiro atoms. The van der Waals surface area contributed by atoms with E-state index in [1.165, 1.54) is 0 Å². The molecule has 1 aliphatic rings. The number of benzene rings is 1. The van der Waals surface area contributed by atoms with Crippen molar-refractivity contribution < 1.29 is 9.53 Å². The van der Waals surface area contributed by atoms with Crippen molar-refractivity contribution in [1.82, 2.24) is 4.90 Å². The maximum atomic E-state index is 12.1. The number of piperidine rings is 1. The van der Waals surface area contributed by atoms with Crippen LogP contribution in [0.5, 0.6) is 5.75 Å². The van der Waals surface area contributed by atoms with Crippen molar-refractivity contribution in [2.45, 2.75) is 19.8 Å². The lowest BCUT2D eigenvalue weighted by molar-refractivity contribution is -0.130. The number of carbonyl (C=O) groups is 1. The summed E-state index contributed by atoms with van der Waals surface area (Å²) in [6.45, 7) is 4.27. The Balaban J connectivity index is 1.85. The molecule has 110 valence electrons. The number of ether oxygens (including phenoxy) is 1. The molecule has 1 fully saturated rings. The van der Waals surface area contributed by atoms with Gasteiger partial charge in [-0.2, -0.15) is 0 Å². The van der Waals surface area contributed by atoms with Gasteiger partial charge in [0.25, 0.3) is 0 Å². The van der Waals surface area contributed by atoms with Gasteiger partial charge >= 0.3 is 0 Å². The van der Waals surface area contributed by atoms with Crippen LogP contribution in [0.2, 0.25) is 5.02 Å². The van der Waals surface area contributed by atoms with Gasteiger partial charge in [0, 0.05) is 18.8 Å². The molecular formula is C15H21ClN2O2. The van der Waals surface area contributed by atoms with E-state index in [0.29, 0.717) is 17.3 Å². The molecule has 0 aliphatic carbocycles.